The van der Waals surface area contributed by atoms with Crippen LogP contribution < -0.4 is 11.1 Å². The van der Waals surface area contributed by atoms with Crippen LogP contribution in [0.2, 0.25) is 10.0 Å². The first-order valence-electron chi connectivity index (χ1n) is 7.38. The molecule has 3 rings (SSSR count). The van der Waals surface area contributed by atoms with Gasteiger partial charge in [0.25, 0.3) is 0 Å². The fraction of sp³-hybridized carbons (Fsp3) is 0.0556. The first-order valence-corrected chi connectivity index (χ1v) is 8.13. The van der Waals surface area contributed by atoms with Crippen LogP contribution in [0.5, 0.6) is 0 Å². The zero-order chi connectivity index (χ0) is 17.8. The van der Waals surface area contributed by atoms with Gasteiger partial charge in [0.1, 0.15) is 0 Å². The van der Waals surface area contributed by atoms with Crippen molar-refractivity contribution in [2.75, 3.05) is 5.32 Å². The fourth-order valence-corrected chi connectivity index (χ4v) is 2.95. The number of anilines is 2. The van der Waals surface area contributed by atoms with E-state index in [0.717, 1.165) is 5.69 Å². The van der Waals surface area contributed by atoms with Crippen LogP contribution in [0.3, 0.4) is 0 Å². The van der Waals surface area contributed by atoms with Crippen molar-refractivity contribution < 1.29 is 0 Å². The van der Waals surface area contributed by atoms with Crippen LogP contribution in [0.1, 0.15) is 22.9 Å². The van der Waals surface area contributed by atoms with Gasteiger partial charge in [0.05, 0.1) is 23.4 Å². The second-order valence-electron chi connectivity index (χ2n) is 5.23. The van der Waals surface area contributed by atoms with Crippen molar-refractivity contribution in [2.24, 2.45) is 5.73 Å². The number of nitrogens with zero attached hydrogens (tertiary/aromatic N) is 3. The molecule has 1 aromatic heterocycles. The summed E-state index contributed by atoms with van der Waals surface area (Å²) in [5, 5.41) is 12.9. The lowest BCUT2D eigenvalue weighted by atomic mass is 10.0. The van der Waals surface area contributed by atoms with Gasteiger partial charge in [0.2, 0.25) is 5.95 Å². The van der Waals surface area contributed by atoms with E-state index in [0.29, 0.717) is 32.8 Å². The Morgan fingerprint density at radius 1 is 1.04 bits per heavy atom. The minimum atomic E-state index is -0.578. The average Bonchev–Trinajstić information content (AvgIpc) is 2.62. The molecule has 5 nitrogen and oxygen atoms in total. The molecule has 2 aromatic carbocycles. The summed E-state index contributed by atoms with van der Waals surface area (Å²) < 4.78 is 0. The predicted octanol–water partition coefficient (Wildman–Crippen LogP) is 4.45. The highest BCUT2D eigenvalue weighted by Gasteiger charge is 2.18. The lowest BCUT2D eigenvalue weighted by Gasteiger charge is -2.15. The SMILES string of the molecule is N#Cc1ccc(Nc2nccc(C(N)c3c(Cl)cccc3Cl)n2)cc1. The van der Waals surface area contributed by atoms with E-state index >= 15 is 0 Å². The summed E-state index contributed by atoms with van der Waals surface area (Å²) in [7, 11) is 0. The maximum Gasteiger partial charge on any atom is 0.227 e. The lowest BCUT2D eigenvalue weighted by molar-refractivity contribution is 0.823. The second kappa shape index (κ2) is 7.49. The van der Waals surface area contributed by atoms with E-state index < -0.39 is 6.04 Å². The van der Waals surface area contributed by atoms with E-state index in [1.807, 2.05) is 0 Å². The topological polar surface area (TPSA) is 87.6 Å². The average molecular weight is 370 g/mol. The summed E-state index contributed by atoms with van der Waals surface area (Å²) in [5.74, 6) is 0.390. The van der Waals surface area contributed by atoms with Crippen LogP contribution in [0.15, 0.2) is 54.7 Å². The molecule has 3 N–H and O–H groups in total. The molecule has 1 unspecified atom stereocenters. The van der Waals surface area contributed by atoms with Gasteiger partial charge < -0.3 is 11.1 Å². The Bertz CT molecular complexity index is 915. The molecule has 0 saturated carbocycles. The number of halogens is 2. The first kappa shape index (κ1) is 17.2. The first-order chi connectivity index (χ1) is 12.1. The van der Waals surface area contributed by atoms with Crippen molar-refractivity contribution >= 4 is 34.8 Å². The van der Waals surface area contributed by atoms with Crippen molar-refractivity contribution in [3.05, 3.63) is 81.6 Å². The molecule has 124 valence electrons. The number of aromatic nitrogens is 2. The smallest absolute Gasteiger partial charge is 0.227 e. The summed E-state index contributed by atoms with van der Waals surface area (Å²) in [6.07, 6.45) is 1.61. The molecule has 7 heteroatoms. The number of nitrogens with two attached hydrogens (primary N) is 1. The third-order valence-electron chi connectivity index (χ3n) is 3.58. The van der Waals surface area contributed by atoms with Crippen LogP contribution in [0.4, 0.5) is 11.6 Å². The molecule has 0 amide bonds. The van der Waals surface area contributed by atoms with Gasteiger partial charge in [0, 0.05) is 27.5 Å². The Balaban J connectivity index is 1.87. The number of nitrogens with one attached hydrogen (secondary N) is 1. The van der Waals surface area contributed by atoms with Crippen molar-refractivity contribution in [1.29, 1.82) is 5.26 Å². The Hall–Kier alpha value is -2.65. The van der Waals surface area contributed by atoms with Crippen LogP contribution in [0, 0.1) is 11.3 Å². The summed E-state index contributed by atoms with van der Waals surface area (Å²) in [4.78, 5) is 8.63. The maximum absolute atomic E-state index is 8.84. The highest BCUT2D eigenvalue weighted by Crippen LogP contribution is 2.32. The number of hydrogen-bond acceptors (Lipinski definition) is 5. The molecule has 0 saturated heterocycles. The fourth-order valence-electron chi connectivity index (χ4n) is 2.32. The van der Waals surface area contributed by atoms with E-state index in [4.69, 9.17) is 34.2 Å². The molecule has 25 heavy (non-hydrogen) atoms. The Kier molecular flexibility index (Phi) is 5.15. The lowest BCUT2D eigenvalue weighted by Crippen LogP contribution is -2.15. The zero-order valence-corrected chi connectivity index (χ0v) is 14.5. The van der Waals surface area contributed by atoms with Crippen LogP contribution in [-0.2, 0) is 0 Å². The van der Waals surface area contributed by atoms with E-state index in [2.05, 4.69) is 21.4 Å². The van der Waals surface area contributed by atoms with Gasteiger partial charge in [-0.3, -0.25) is 0 Å². The Morgan fingerprint density at radius 2 is 1.72 bits per heavy atom. The van der Waals surface area contributed by atoms with Gasteiger partial charge in [-0.25, -0.2) is 9.97 Å². The van der Waals surface area contributed by atoms with Gasteiger partial charge in [0.15, 0.2) is 0 Å². The van der Waals surface area contributed by atoms with Crippen molar-refractivity contribution in [3.63, 3.8) is 0 Å². The molecule has 0 aliphatic heterocycles. The number of benzene rings is 2. The zero-order valence-electron chi connectivity index (χ0n) is 12.9. The Morgan fingerprint density at radius 3 is 2.36 bits per heavy atom. The van der Waals surface area contributed by atoms with Gasteiger partial charge in [-0.1, -0.05) is 29.3 Å². The molecule has 3 aromatic rings. The van der Waals surface area contributed by atoms with Crippen molar-refractivity contribution in [3.8, 4) is 6.07 Å². The van der Waals surface area contributed by atoms with E-state index in [1.165, 1.54) is 0 Å². The maximum atomic E-state index is 8.84. The number of rotatable bonds is 4. The quantitative estimate of drug-likeness (QED) is 0.709. The molecule has 0 bridgehead atoms. The summed E-state index contributed by atoms with van der Waals surface area (Å²) >= 11 is 12.4. The molecule has 0 spiro atoms. The van der Waals surface area contributed by atoms with Crippen LogP contribution in [-0.4, -0.2) is 9.97 Å². The molecule has 1 atom stereocenters. The van der Waals surface area contributed by atoms with Gasteiger partial charge in [-0.15, -0.1) is 0 Å². The van der Waals surface area contributed by atoms with Crippen molar-refractivity contribution in [2.45, 2.75) is 6.04 Å². The second-order valence-corrected chi connectivity index (χ2v) is 6.05. The highest BCUT2D eigenvalue weighted by atomic mass is 35.5. The predicted molar refractivity (Wildman–Crippen MR) is 99.0 cm³/mol. The molecular formula is C18H13Cl2N5. The van der Waals surface area contributed by atoms with Gasteiger partial charge in [-0.2, -0.15) is 5.26 Å². The summed E-state index contributed by atoms with van der Waals surface area (Å²) in [6.45, 7) is 0. The Labute approximate surface area is 155 Å². The van der Waals surface area contributed by atoms with Crippen LogP contribution in [0.25, 0.3) is 0 Å². The molecule has 0 fully saturated rings. The number of nitriles is 1. The normalized spacial score (nSPS) is 11.6. The third kappa shape index (κ3) is 3.89. The largest absolute Gasteiger partial charge is 0.324 e. The molecule has 0 aliphatic rings. The molecule has 0 radical (unpaired) electrons. The van der Waals surface area contributed by atoms with Crippen LogP contribution >= 0.6 is 23.2 Å². The van der Waals surface area contributed by atoms with E-state index in [9.17, 15) is 0 Å². The van der Waals surface area contributed by atoms with Crippen molar-refractivity contribution in [1.82, 2.24) is 9.97 Å². The van der Waals surface area contributed by atoms with Gasteiger partial charge >= 0.3 is 0 Å². The van der Waals surface area contributed by atoms with Gasteiger partial charge in [-0.05, 0) is 42.5 Å². The highest BCUT2D eigenvalue weighted by molar-refractivity contribution is 6.36. The minimum Gasteiger partial charge on any atom is -0.324 e. The monoisotopic (exact) mass is 369 g/mol. The summed E-state index contributed by atoms with van der Waals surface area (Å²) in [6, 6.07) is 15.4. The minimum absolute atomic E-state index is 0.390. The third-order valence-corrected chi connectivity index (χ3v) is 4.24. The summed E-state index contributed by atoms with van der Waals surface area (Å²) in [5.41, 5.74) is 8.84. The molecule has 0 aliphatic carbocycles. The standard InChI is InChI=1S/C18H13Cl2N5/c19-13-2-1-3-14(20)16(13)17(22)15-8-9-23-18(25-15)24-12-6-4-11(10-21)5-7-12/h1-9,17H,22H2,(H,23,24,25). The molecular weight excluding hydrogens is 357 g/mol. The molecule has 1 heterocycles. The van der Waals surface area contributed by atoms with E-state index in [-0.39, 0.29) is 0 Å². The number of hydrogen-bond donors (Lipinski definition) is 2. The van der Waals surface area contributed by atoms with E-state index in [1.54, 1.807) is 54.7 Å².